The number of carboxylic acid groups (broad SMARTS) is 1. The summed E-state index contributed by atoms with van der Waals surface area (Å²) in [5.74, 6) is -1.19. The van der Waals surface area contributed by atoms with Crippen molar-refractivity contribution in [2.24, 2.45) is 5.92 Å². The molecule has 0 fully saturated rings. The van der Waals surface area contributed by atoms with E-state index in [4.69, 9.17) is 4.74 Å². The van der Waals surface area contributed by atoms with Crippen LogP contribution in [0.2, 0.25) is 0 Å². The van der Waals surface area contributed by atoms with Crippen LogP contribution >= 0.6 is 0 Å². The molecule has 9 heteroatoms. The average Bonchev–Trinajstić information content (AvgIpc) is 2.57. The number of hydrogen-bond donors (Lipinski definition) is 3. The molecule has 0 radical (unpaired) electrons. The van der Waals surface area contributed by atoms with Gasteiger partial charge in [0, 0.05) is 19.0 Å². The lowest BCUT2D eigenvalue weighted by Crippen LogP contribution is -2.42. The van der Waals surface area contributed by atoms with E-state index in [1.165, 1.54) is 25.3 Å². The molecule has 0 unspecified atom stereocenters. The molecular formula is C16H23N3O6. The van der Waals surface area contributed by atoms with Gasteiger partial charge in [-0.15, -0.1) is 0 Å². The zero-order chi connectivity index (χ0) is 19.0. The first kappa shape index (κ1) is 20.4. The number of nitrogens with zero attached hydrogens (tertiary/aromatic N) is 1. The quantitative estimate of drug-likeness (QED) is 0.433. The maximum atomic E-state index is 12.0. The van der Waals surface area contributed by atoms with Crippen LogP contribution in [-0.2, 0) is 9.59 Å². The van der Waals surface area contributed by atoms with Gasteiger partial charge in [-0.25, -0.2) is 0 Å². The summed E-state index contributed by atoms with van der Waals surface area (Å²) < 4.78 is 5.04. The van der Waals surface area contributed by atoms with E-state index in [9.17, 15) is 24.8 Å². The second kappa shape index (κ2) is 9.58. The van der Waals surface area contributed by atoms with Gasteiger partial charge in [-0.3, -0.25) is 19.7 Å². The second-order valence-electron chi connectivity index (χ2n) is 5.60. The maximum Gasteiger partial charge on any atom is 0.320 e. The third-order valence-corrected chi connectivity index (χ3v) is 3.87. The van der Waals surface area contributed by atoms with Crippen LogP contribution in [0, 0.1) is 16.0 Å². The minimum absolute atomic E-state index is 0.0559. The Bertz CT molecular complexity index is 634. The molecule has 1 amide bonds. The number of carbonyl (C=O) groups excluding carboxylic acids is 1. The van der Waals surface area contributed by atoms with Gasteiger partial charge in [-0.1, -0.05) is 20.3 Å². The molecule has 138 valence electrons. The Kier molecular flexibility index (Phi) is 7.80. The Morgan fingerprint density at radius 3 is 2.60 bits per heavy atom. The Labute approximate surface area is 145 Å². The highest BCUT2D eigenvalue weighted by atomic mass is 16.6. The molecule has 0 spiro atoms. The zero-order valence-corrected chi connectivity index (χ0v) is 14.4. The Hall–Kier alpha value is -2.68. The number of anilines is 1. The standard InChI is InChI=1S/C16H23N3O6/c1-4-10(2)15(16(21)22)17-8-7-14(20)18-12-6-5-11(19(23)24)9-13(12)25-3/h5-6,9-10,15,17H,4,7-8H2,1-3H3,(H,18,20)(H,21,22)/t10-,15-/m0/s1. The fraction of sp³-hybridized carbons (Fsp3) is 0.500. The van der Waals surface area contributed by atoms with Crippen LogP contribution in [0.25, 0.3) is 0 Å². The van der Waals surface area contributed by atoms with Gasteiger partial charge in [-0.2, -0.15) is 0 Å². The lowest BCUT2D eigenvalue weighted by molar-refractivity contribution is -0.384. The number of non-ortho nitro benzene ring substituents is 1. The summed E-state index contributed by atoms with van der Waals surface area (Å²) in [6.07, 6.45) is 0.760. The van der Waals surface area contributed by atoms with Crippen molar-refractivity contribution in [1.29, 1.82) is 0 Å². The number of amides is 1. The monoisotopic (exact) mass is 353 g/mol. The first-order valence-corrected chi connectivity index (χ1v) is 7.88. The Morgan fingerprint density at radius 1 is 1.40 bits per heavy atom. The summed E-state index contributed by atoms with van der Waals surface area (Å²) in [6.45, 7) is 3.92. The lowest BCUT2D eigenvalue weighted by Gasteiger charge is -2.20. The summed E-state index contributed by atoms with van der Waals surface area (Å²) >= 11 is 0. The number of nitro groups is 1. The number of carboxylic acids is 1. The fourth-order valence-corrected chi connectivity index (χ4v) is 2.22. The minimum Gasteiger partial charge on any atom is -0.494 e. The van der Waals surface area contributed by atoms with E-state index < -0.39 is 16.9 Å². The summed E-state index contributed by atoms with van der Waals surface area (Å²) in [5.41, 5.74) is 0.171. The van der Waals surface area contributed by atoms with E-state index in [-0.39, 0.29) is 36.2 Å². The van der Waals surface area contributed by atoms with Crippen molar-refractivity contribution in [2.75, 3.05) is 19.0 Å². The van der Waals surface area contributed by atoms with Crippen LogP contribution < -0.4 is 15.4 Å². The SMILES string of the molecule is CC[C@H](C)[C@H](NCCC(=O)Nc1ccc([N+](=O)[O-])cc1OC)C(=O)O. The molecule has 0 aromatic heterocycles. The minimum atomic E-state index is -0.952. The van der Waals surface area contributed by atoms with Gasteiger partial charge in [0.15, 0.2) is 0 Å². The topological polar surface area (TPSA) is 131 Å². The smallest absolute Gasteiger partial charge is 0.320 e. The second-order valence-corrected chi connectivity index (χ2v) is 5.60. The average molecular weight is 353 g/mol. The fourth-order valence-electron chi connectivity index (χ4n) is 2.22. The molecule has 1 aromatic carbocycles. The summed E-state index contributed by atoms with van der Waals surface area (Å²) in [6, 6.07) is 3.16. The van der Waals surface area contributed by atoms with Crippen molar-refractivity contribution in [3.05, 3.63) is 28.3 Å². The number of hydrogen-bond acceptors (Lipinski definition) is 6. The van der Waals surface area contributed by atoms with Crippen LogP contribution in [0.5, 0.6) is 5.75 Å². The highest BCUT2D eigenvalue weighted by Gasteiger charge is 2.22. The van der Waals surface area contributed by atoms with Crippen LogP contribution in [-0.4, -0.2) is 41.6 Å². The van der Waals surface area contributed by atoms with Gasteiger partial charge in [0.2, 0.25) is 5.91 Å². The number of carbonyl (C=O) groups is 2. The molecule has 2 atom stereocenters. The van der Waals surface area contributed by atoms with Crippen molar-refractivity contribution in [2.45, 2.75) is 32.7 Å². The van der Waals surface area contributed by atoms with Crippen molar-refractivity contribution >= 4 is 23.3 Å². The van der Waals surface area contributed by atoms with Crippen molar-refractivity contribution in [3.8, 4) is 5.75 Å². The molecule has 0 aliphatic heterocycles. The van der Waals surface area contributed by atoms with Crippen LogP contribution in [0.4, 0.5) is 11.4 Å². The van der Waals surface area contributed by atoms with E-state index in [1.807, 2.05) is 13.8 Å². The van der Waals surface area contributed by atoms with Crippen LogP contribution in [0.15, 0.2) is 18.2 Å². The molecule has 3 N–H and O–H groups in total. The molecule has 0 saturated heterocycles. The number of aliphatic carboxylic acids is 1. The third kappa shape index (κ3) is 6.03. The van der Waals surface area contributed by atoms with Crippen molar-refractivity contribution in [1.82, 2.24) is 5.32 Å². The highest BCUT2D eigenvalue weighted by molar-refractivity contribution is 5.92. The van der Waals surface area contributed by atoms with Gasteiger partial charge in [0.25, 0.3) is 5.69 Å². The molecule has 25 heavy (non-hydrogen) atoms. The molecule has 9 nitrogen and oxygen atoms in total. The Balaban J connectivity index is 2.62. The van der Waals surface area contributed by atoms with Crippen LogP contribution in [0.3, 0.4) is 0 Å². The van der Waals surface area contributed by atoms with Gasteiger partial charge < -0.3 is 20.5 Å². The van der Waals surface area contributed by atoms with E-state index in [0.717, 1.165) is 0 Å². The number of ether oxygens (including phenoxy) is 1. The third-order valence-electron chi connectivity index (χ3n) is 3.87. The van der Waals surface area contributed by atoms with Crippen molar-refractivity contribution in [3.63, 3.8) is 0 Å². The van der Waals surface area contributed by atoms with Gasteiger partial charge in [-0.05, 0) is 12.0 Å². The van der Waals surface area contributed by atoms with E-state index in [2.05, 4.69) is 10.6 Å². The summed E-state index contributed by atoms with van der Waals surface area (Å²) in [4.78, 5) is 33.4. The largest absolute Gasteiger partial charge is 0.494 e. The van der Waals surface area contributed by atoms with Crippen LogP contribution in [0.1, 0.15) is 26.7 Å². The highest BCUT2D eigenvalue weighted by Crippen LogP contribution is 2.29. The summed E-state index contributed by atoms with van der Waals surface area (Å²) in [7, 11) is 1.35. The van der Waals surface area contributed by atoms with E-state index in [0.29, 0.717) is 12.1 Å². The van der Waals surface area contributed by atoms with E-state index >= 15 is 0 Å². The first-order valence-electron chi connectivity index (χ1n) is 7.88. The Morgan fingerprint density at radius 2 is 2.08 bits per heavy atom. The molecule has 0 heterocycles. The predicted molar refractivity (Wildman–Crippen MR) is 91.8 cm³/mol. The lowest BCUT2D eigenvalue weighted by atomic mass is 9.99. The van der Waals surface area contributed by atoms with Gasteiger partial charge in [0.05, 0.1) is 23.8 Å². The molecule has 1 rings (SSSR count). The maximum absolute atomic E-state index is 12.0. The molecular weight excluding hydrogens is 330 g/mol. The van der Waals surface area contributed by atoms with E-state index in [1.54, 1.807) is 0 Å². The van der Waals surface area contributed by atoms with Crippen molar-refractivity contribution < 1.29 is 24.4 Å². The van der Waals surface area contributed by atoms with Gasteiger partial charge >= 0.3 is 5.97 Å². The molecule has 0 aliphatic rings. The zero-order valence-electron chi connectivity index (χ0n) is 14.4. The first-order chi connectivity index (χ1) is 11.8. The number of nitro benzene ring substituents is 1. The predicted octanol–water partition coefficient (Wildman–Crippen LogP) is 2.02. The normalized spacial score (nSPS) is 12.9. The number of benzene rings is 1. The molecule has 1 aromatic rings. The summed E-state index contributed by atoms with van der Waals surface area (Å²) in [5, 5.41) is 25.4. The molecule has 0 saturated carbocycles. The molecule has 0 bridgehead atoms. The number of methoxy groups -OCH3 is 1. The van der Waals surface area contributed by atoms with Gasteiger partial charge in [0.1, 0.15) is 11.8 Å². The molecule has 0 aliphatic carbocycles. The number of rotatable bonds is 10. The number of nitrogens with one attached hydrogen (secondary N) is 2.